The summed E-state index contributed by atoms with van der Waals surface area (Å²) in [6.45, 7) is 0. The zero-order valence-electron chi connectivity index (χ0n) is 9.94. The molecule has 0 aliphatic rings. The highest BCUT2D eigenvalue weighted by Crippen LogP contribution is 2.30. The summed E-state index contributed by atoms with van der Waals surface area (Å²) in [5, 5.41) is 9.06. The number of nitrogens with two attached hydrogens (primary N) is 1. The van der Waals surface area contributed by atoms with E-state index in [1.807, 2.05) is 0 Å². The highest BCUT2D eigenvalue weighted by molar-refractivity contribution is 9.10. The molecule has 0 aliphatic heterocycles. The number of anilines is 1. The SMILES string of the molecule is COC(=O)C(=Cc1cc(Cl)c(N)c(Br)c1)CC(=O)O. The van der Waals surface area contributed by atoms with E-state index in [-0.39, 0.29) is 5.57 Å². The standard InChI is InChI=1S/C12H11BrClNO4/c1-19-12(18)7(5-10(16)17)2-6-3-8(13)11(15)9(14)4-6/h2-4H,5,15H2,1H3,(H,16,17). The lowest BCUT2D eigenvalue weighted by Crippen LogP contribution is -2.09. The first-order chi connectivity index (χ1) is 8.85. The zero-order valence-corrected chi connectivity index (χ0v) is 12.3. The maximum Gasteiger partial charge on any atom is 0.334 e. The van der Waals surface area contributed by atoms with Gasteiger partial charge in [0.05, 0.1) is 24.2 Å². The molecule has 7 heteroatoms. The van der Waals surface area contributed by atoms with E-state index < -0.39 is 18.4 Å². The number of hydrogen-bond donors (Lipinski definition) is 2. The molecule has 0 heterocycles. The van der Waals surface area contributed by atoms with Gasteiger partial charge in [0.2, 0.25) is 0 Å². The largest absolute Gasteiger partial charge is 0.481 e. The first-order valence-corrected chi connectivity index (χ1v) is 6.27. The lowest BCUT2D eigenvalue weighted by molar-refractivity contribution is -0.141. The molecule has 0 radical (unpaired) electrons. The van der Waals surface area contributed by atoms with Crippen molar-refractivity contribution in [3.8, 4) is 0 Å². The van der Waals surface area contributed by atoms with E-state index in [1.165, 1.54) is 19.3 Å². The van der Waals surface area contributed by atoms with Crippen molar-refractivity contribution in [2.75, 3.05) is 12.8 Å². The van der Waals surface area contributed by atoms with Gasteiger partial charge < -0.3 is 15.6 Å². The third kappa shape index (κ3) is 4.25. The lowest BCUT2D eigenvalue weighted by atomic mass is 10.1. The quantitative estimate of drug-likeness (QED) is 0.496. The van der Waals surface area contributed by atoms with E-state index in [0.29, 0.717) is 20.7 Å². The average Bonchev–Trinajstić information content (AvgIpc) is 2.33. The van der Waals surface area contributed by atoms with Crippen LogP contribution in [0.15, 0.2) is 22.2 Å². The van der Waals surface area contributed by atoms with E-state index in [2.05, 4.69) is 20.7 Å². The van der Waals surface area contributed by atoms with Crippen molar-refractivity contribution in [2.45, 2.75) is 6.42 Å². The van der Waals surface area contributed by atoms with Gasteiger partial charge >= 0.3 is 11.9 Å². The van der Waals surface area contributed by atoms with Gasteiger partial charge in [-0.15, -0.1) is 0 Å². The second-order valence-corrected chi connectivity index (χ2v) is 4.89. The second kappa shape index (κ2) is 6.58. The van der Waals surface area contributed by atoms with E-state index >= 15 is 0 Å². The van der Waals surface area contributed by atoms with E-state index in [1.54, 1.807) is 6.07 Å². The molecule has 0 aliphatic carbocycles. The van der Waals surface area contributed by atoms with Crippen molar-refractivity contribution in [3.63, 3.8) is 0 Å². The van der Waals surface area contributed by atoms with Crippen LogP contribution in [0.25, 0.3) is 6.08 Å². The van der Waals surface area contributed by atoms with Crippen molar-refractivity contribution in [2.24, 2.45) is 0 Å². The molecule has 0 amide bonds. The molecule has 0 bridgehead atoms. The number of halogens is 2. The van der Waals surface area contributed by atoms with Gasteiger partial charge in [-0.05, 0) is 39.7 Å². The summed E-state index contributed by atoms with van der Waals surface area (Å²) in [4.78, 5) is 22.2. The molecule has 0 unspecified atom stereocenters. The van der Waals surface area contributed by atoms with Gasteiger partial charge in [0.1, 0.15) is 0 Å². The molecule has 5 nitrogen and oxygen atoms in total. The van der Waals surface area contributed by atoms with Crippen LogP contribution in [-0.4, -0.2) is 24.2 Å². The molecule has 3 N–H and O–H groups in total. The van der Waals surface area contributed by atoms with Crippen molar-refractivity contribution in [1.29, 1.82) is 0 Å². The Balaban J connectivity index is 3.21. The molecule has 1 aromatic carbocycles. The number of esters is 1. The molecule has 1 aromatic rings. The number of carbonyl (C=O) groups excluding carboxylic acids is 1. The number of carboxylic acids is 1. The fraction of sp³-hybridized carbons (Fsp3) is 0.167. The van der Waals surface area contributed by atoms with Crippen LogP contribution in [0.4, 0.5) is 5.69 Å². The van der Waals surface area contributed by atoms with Crippen molar-refractivity contribution < 1.29 is 19.4 Å². The second-order valence-electron chi connectivity index (χ2n) is 3.63. The predicted molar refractivity (Wildman–Crippen MR) is 75.8 cm³/mol. The molecule has 0 saturated carbocycles. The number of benzene rings is 1. The van der Waals surface area contributed by atoms with Crippen LogP contribution in [-0.2, 0) is 14.3 Å². The maximum absolute atomic E-state index is 11.5. The maximum atomic E-state index is 11.5. The molecule has 0 saturated heterocycles. The van der Waals surface area contributed by atoms with Gasteiger partial charge in [0.25, 0.3) is 0 Å². The van der Waals surface area contributed by atoms with Gasteiger partial charge in [0, 0.05) is 10.0 Å². The highest BCUT2D eigenvalue weighted by Gasteiger charge is 2.14. The molecular weight excluding hydrogens is 337 g/mol. The third-order valence-corrected chi connectivity index (χ3v) is 3.20. The van der Waals surface area contributed by atoms with Crippen LogP contribution >= 0.6 is 27.5 Å². The van der Waals surface area contributed by atoms with Crippen LogP contribution < -0.4 is 5.73 Å². The summed E-state index contributed by atoms with van der Waals surface area (Å²) in [6, 6.07) is 3.17. The number of rotatable bonds is 4. The molecule has 19 heavy (non-hydrogen) atoms. The Morgan fingerprint density at radius 3 is 2.63 bits per heavy atom. The monoisotopic (exact) mass is 347 g/mol. The molecule has 102 valence electrons. The number of aliphatic carboxylic acids is 1. The molecule has 0 atom stereocenters. The van der Waals surface area contributed by atoms with Gasteiger partial charge in [0.15, 0.2) is 0 Å². The molecule has 0 aromatic heterocycles. The normalized spacial score (nSPS) is 11.2. The minimum absolute atomic E-state index is 0.0164. The molecule has 0 fully saturated rings. The molecule has 0 spiro atoms. The van der Waals surface area contributed by atoms with Crippen LogP contribution in [0.1, 0.15) is 12.0 Å². The summed E-state index contributed by atoms with van der Waals surface area (Å²) in [5.41, 5.74) is 6.60. The number of methoxy groups -OCH3 is 1. The van der Waals surface area contributed by atoms with Gasteiger partial charge in [-0.3, -0.25) is 4.79 Å². The topological polar surface area (TPSA) is 89.6 Å². The highest BCUT2D eigenvalue weighted by atomic mass is 79.9. The Kier molecular flexibility index (Phi) is 5.38. The molecular formula is C12H11BrClNO4. The number of nitrogen functional groups attached to an aromatic ring is 1. The average molecular weight is 349 g/mol. The summed E-state index contributed by atoms with van der Waals surface area (Å²) in [7, 11) is 1.18. The number of hydrogen-bond acceptors (Lipinski definition) is 4. The van der Waals surface area contributed by atoms with E-state index in [0.717, 1.165) is 0 Å². The van der Waals surface area contributed by atoms with Crippen LogP contribution in [0, 0.1) is 0 Å². The Hall–Kier alpha value is -1.53. The third-order valence-electron chi connectivity index (χ3n) is 2.23. The smallest absolute Gasteiger partial charge is 0.334 e. The molecule has 1 rings (SSSR count). The Morgan fingerprint density at radius 1 is 1.53 bits per heavy atom. The minimum Gasteiger partial charge on any atom is -0.481 e. The Morgan fingerprint density at radius 2 is 2.16 bits per heavy atom. The van der Waals surface area contributed by atoms with Gasteiger partial charge in [-0.1, -0.05) is 11.6 Å². The minimum atomic E-state index is -1.13. The van der Waals surface area contributed by atoms with Gasteiger partial charge in [-0.2, -0.15) is 0 Å². The summed E-state index contributed by atoms with van der Waals surface area (Å²) in [6.07, 6.45) is 0.961. The van der Waals surface area contributed by atoms with Crippen LogP contribution in [0.5, 0.6) is 0 Å². The van der Waals surface area contributed by atoms with E-state index in [9.17, 15) is 9.59 Å². The number of carbonyl (C=O) groups is 2. The van der Waals surface area contributed by atoms with Crippen LogP contribution in [0.2, 0.25) is 5.02 Å². The zero-order chi connectivity index (χ0) is 14.6. The first kappa shape index (κ1) is 15.5. The summed E-state index contributed by atoms with van der Waals surface area (Å²) in [5.74, 6) is -1.83. The van der Waals surface area contributed by atoms with Crippen molar-refractivity contribution in [1.82, 2.24) is 0 Å². The van der Waals surface area contributed by atoms with E-state index in [4.69, 9.17) is 22.4 Å². The first-order valence-electron chi connectivity index (χ1n) is 5.10. The number of ether oxygens (including phenoxy) is 1. The predicted octanol–water partition coefficient (Wildman–Crippen LogP) is 2.72. The lowest BCUT2D eigenvalue weighted by Gasteiger charge is -2.06. The van der Waals surface area contributed by atoms with Gasteiger partial charge in [-0.25, -0.2) is 4.79 Å². The summed E-state index contributed by atoms with van der Waals surface area (Å²) >= 11 is 9.13. The fourth-order valence-electron chi connectivity index (χ4n) is 1.36. The Labute approximate surface area is 123 Å². The van der Waals surface area contributed by atoms with Crippen molar-refractivity contribution >= 4 is 51.2 Å². The van der Waals surface area contributed by atoms with Crippen LogP contribution in [0.3, 0.4) is 0 Å². The fourth-order valence-corrected chi connectivity index (χ4v) is 2.18. The Bertz CT molecular complexity index is 534. The summed E-state index contributed by atoms with van der Waals surface area (Å²) < 4.78 is 5.09. The number of carboxylic acid groups (broad SMARTS) is 1. The van der Waals surface area contributed by atoms with Crippen molar-refractivity contribution in [3.05, 3.63) is 32.8 Å².